The van der Waals surface area contributed by atoms with Gasteiger partial charge in [0.2, 0.25) is 0 Å². The third-order valence-electron chi connectivity index (χ3n) is 4.99. The van der Waals surface area contributed by atoms with Gasteiger partial charge in [0.25, 0.3) is 5.91 Å². The van der Waals surface area contributed by atoms with Gasteiger partial charge in [-0.3, -0.25) is 4.79 Å². The molecule has 0 saturated heterocycles. The summed E-state index contributed by atoms with van der Waals surface area (Å²) in [5.74, 6) is -0.186. The van der Waals surface area contributed by atoms with E-state index in [1.165, 1.54) is 0 Å². The molecule has 1 heterocycles. The minimum atomic E-state index is -0.800. The van der Waals surface area contributed by atoms with E-state index in [9.17, 15) is 4.79 Å². The smallest absolute Gasteiger partial charge is 0.257 e. The molecule has 4 nitrogen and oxygen atoms in total. The van der Waals surface area contributed by atoms with Crippen molar-refractivity contribution in [1.82, 2.24) is 0 Å². The van der Waals surface area contributed by atoms with Gasteiger partial charge in [0.15, 0.2) is 0 Å². The number of fused-ring (bicyclic) bond motifs is 1. The van der Waals surface area contributed by atoms with E-state index in [2.05, 4.69) is 0 Å². The van der Waals surface area contributed by atoms with E-state index in [0.29, 0.717) is 16.6 Å². The molecule has 0 aliphatic carbocycles. The molecular formula is C23H21Cl3N2O2. The van der Waals surface area contributed by atoms with Gasteiger partial charge < -0.3 is 15.4 Å². The minimum Gasteiger partial charge on any atom is -0.354 e. The SMILES string of the molecule is Cl.NC[C@@H]1O[C@@H](c2ccccc2Cl)c2cc(Cl)ccc2N(Cc2ccccc2)C1=O. The van der Waals surface area contributed by atoms with E-state index in [1.54, 1.807) is 17.0 Å². The zero-order valence-corrected chi connectivity index (χ0v) is 18.3. The molecule has 0 fully saturated rings. The van der Waals surface area contributed by atoms with E-state index in [0.717, 1.165) is 22.4 Å². The zero-order valence-electron chi connectivity index (χ0n) is 16.0. The Kier molecular flexibility index (Phi) is 7.40. The highest BCUT2D eigenvalue weighted by molar-refractivity contribution is 6.31. The lowest BCUT2D eigenvalue weighted by molar-refractivity contribution is -0.131. The van der Waals surface area contributed by atoms with Crippen molar-refractivity contribution in [2.24, 2.45) is 5.73 Å². The van der Waals surface area contributed by atoms with Crippen LogP contribution in [0.3, 0.4) is 0 Å². The van der Waals surface area contributed by atoms with Crippen LogP contribution in [0.4, 0.5) is 5.69 Å². The topological polar surface area (TPSA) is 55.6 Å². The van der Waals surface area contributed by atoms with Gasteiger partial charge in [0.05, 0.1) is 12.2 Å². The van der Waals surface area contributed by atoms with Gasteiger partial charge in [0, 0.05) is 27.7 Å². The van der Waals surface area contributed by atoms with Crippen LogP contribution in [0.5, 0.6) is 0 Å². The molecule has 3 aromatic carbocycles. The van der Waals surface area contributed by atoms with Crippen molar-refractivity contribution in [2.75, 3.05) is 11.4 Å². The second kappa shape index (κ2) is 9.82. The third-order valence-corrected chi connectivity index (χ3v) is 5.57. The van der Waals surface area contributed by atoms with Crippen molar-refractivity contribution in [2.45, 2.75) is 18.8 Å². The lowest BCUT2D eigenvalue weighted by Gasteiger charge is -2.25. The Bertz CT molecular complexity index is 1030. The fraction of sp³-hybridized carbons (Fsp3) is 0.174. The number of anilines is 1. The van der Waals surface area contributed by atoms with Crippen molar-refractivity contribution in [3.05, 3.63) is 99.5 Å². The number of ether oxygens (including phenoxy) is 1. The van der Waals surface area contributed by atoms with E-state index in [4.69, 9.17) is 33.7 Å². The Morgan fingerprint density at radius 3 is 2.33 bits per heavy atom. The van der Waals surface area contributed by atoms with E-state index < -0.39 is 12.2 Å². The van der Waals surface area contributed by atoms with Gasteiger partial charge in [-0.05, 0) is 29.8 Å². The van der Waals surface area contributed by atoms with Crippen LogP contribution in [-0.4, -0.2) is 18.6 Å². The number of halogens is 3. The Labute approximate surface area is 191 Å². The first kappa shape index (κ1) is 22.6. The van der Waals surface area contributed by atoms with Gasteiger partial charge in [-0.25, -0.2) is 0 Å². The standard InChI is InChI=1S/C23H20Cl2N2O2.ClH/c24-16-10-11-20-18(12-16)22(17-8-4-5-9-19(17)25)29-21(13-26)23(28)27(20)14-15-6-2-1-3-7-15;/h1-12,21-22H,13-14,26H2;1H/t21-,22-;/m0./s1. The van der Waals surface area contributed by atoms with Crippen LogP contribution in [0, 0.1) is 0 Å². The second-order valence-corrected chi connectivity index (χ2v) is 7.72. The van der Waals surface area contributed by atoms with Crippen LogP contribution in [0.15, 0.2) is 72.8 Å². The summed E-state index contributed by atoms with van der Waals surface area (Å²) >= 11 is 12.8. The summed E-state index contributed by atoms with van der Waals surface area (Å²) in [7, 11) is 0. The van der Waals surface area contributed by atoms with Crippen LogP contribution in [0.1, 0.15) is 22.8 Å². The van der Waals surface area contributed by atoms with Crippen LogP contribution >= 0.6 is 35.6 Å². The van der Waals surface area contributed by atoms with Gasteiger partial charge in [0.1, 0.15) is 12.2 Å². The number of rotatable bonds is 4. The molecule has 3 aromatic rings. The van der Waals surface area contributed by atoms with Crippen LogP contribution in [0.25, 0.3) is 0 Å². The molecular weight excluding hydrogens is 443 g/mol. The second-order valence-electron chi connectivity index (χ2n) is 6.88. The molecule has 7 heteroatoms. The average Bonchev–Trinajstić information content (AvgIpc) is 2.84. The monoisotopic (exact) mass is 462 g/mol. The maximum Gasteiger partial charge on any atom is 0.257 e. The number of nitrogens with zero attached hydrogens (tertiary/aromatic N) is 1. The first-order valence-electron chi connectivity index (χ1n) is 9.33. The van der Waals surface area contributed by atoms with E-state index in [-0.39, 0.29) is 24.9 Å². The van der Waals surface area contributed by atoms with Crippen LogP contribution in [0.2, 0.25) is 10.0 Å². The summed E-state index contributed by atoms with van der Waals surface area (Å²) in [6, 6.07) is 22.7. The van der Waals surface area contributed by atoms with Gasteiger partial charge in [-0.2, -0.15) is 0 Å². The highest BCUT2D eigenvalue weighted by Crippen LogP contribution is 2.41. The summed E-state index contributed by atoms with van der Waals surface area (Å²) < 4.78 is 6.23. The highest BCUT2D eigenvalue weighted by atomic mass is 35.5. The molecule has 2 atom stereocenters. The van der Waals surface area contributed by atoms with E-state index >= 15 is 0 Å². The first-order chi connectivity index (χ1) is 14.1. The number of carbonyl (C=O) groups excluding carboxylic acids is 1. The first-order valence-corrected chi connectivity index (χ1v) is 10.1. The molecule has 2 N–H and O–H groups in total. The van der Waals surface area contributed by atoms with Crippen LogP contribution < -0.4 is 10.6 Å². The number of nitrogens with two attached hydrogens (primary N) is 1. The number of benzene rings is 3. The third kappa shape index (κ3) is 4.48. The summed E-state index contributed by atoms with van der Waals surface area (Å²) in [6.45, 7) is 0.468. The molecule has 4 rings (SSSR count). The van der Waals surface area contributed by atoms with Crippen LogP contribution in [-0.2, 0) is 16.1 Å². The predicted molar refractivity (Wildman–Crippen MR) is 124 cm³/mol. The van der Waals surface area contributed by atoms with Crippen molar-refractivity contribution >= 4 is 47.2 Å². The average molecular weight is 464 g/mol. The highest BCUT2D eigenvalue weighted by Gasteiger charge is 2.36. The lowest BCUT2D eigenvalue weighted by atomic mass is 9.99. The summed E-state index contributed by atoms with van der Waals surface area (Å²) in [6.07, 6.45) is -1.36. The summed E-state index contributed by atoms with van der Waals surface area (Å²) in [4.78, 5) is 15.1. The molecule has 0 radical (unpaired) electrons. The van der Waals surface area contributed by atoms with Crippen molar-refractivity contribution in [1.29, 1.82) is 0 Å². The molecule has 0 bridgehead atoms. The van der Waals surface area contributed by atoms with Crippen molar-refractivity contribution < 1.29 is 9.53 Å². The molecule has 0 aromatic heterocycles. The zero-order chi connectivity index (χ0) is 20.4. The largest absolute Gasteiger partial charge is 0.354 e. The lowest BCUT2D eigenvalue weighted by Crippen LogP contribution is -2.42. The van der Waals surface area contributed by atoms with Gasteiger partial charge in [-0.15, -0.1) is 12.4 Å². The number of carbonyl (C=O) groups is 1. The molecule has 1 aliphatic rings. The maximum absolute atomic E-state index is 13.3. The maximum atomic E-state index is 13.3. The molecule has 1 aliphatic heterocycles. The Morgan fingerprint density at radius 2 is 1.63 bits per heavy atom. The Hall–Kier alpha value is -2.08. The normalized spacial score (nSPS) is 18.4. The molecule has 156 valence electrons. The van der Waals surface area contributed by atoms with Gasteiger partial charge >= 0.3 is 0 Å². The predicted octanol–water partition coefficient (Wildman–Crippen LogP) is 5.40. The summed E-state index contributed by atoms with van der Waals surface area (Å²) in [5, 5.41) is 1.12. The fourth-order valence-corrected chi connectivity index (χ4v) is 4.00. The molecule has 30 heavy (non-hydrogen) atoms. The number of hydrogen-bond acceptors (Lipinski definition) is 3. The van der Waals surface area contributed by atoms with E-state index in [1.807, 2.05) is 60.7 Å². The fourth-order valence-electron chi connectivity index (χ4n) is 3.58. The van der Waals surface area contributed by atoms with Gasteiger partial charge in [-0.1, -0.05) is 71.7 Å². The Morgan fingerprint density at radius 1 is 0.933 bits per heavy atom. The van der Waals surface area contributed by atoms with Crippen molar-refractivity contribution in [3.8, 4) is 0 Å². The molecule has 0 unspecified atom stereocenters. The number of hydrogen-bond donors (Lipinski definition) is 1. The molecule has 0 spiro atoms. The summed E-state index contributed by atoms with van der Waals surface area (Å²) in [5.41, 5.74) is 9.23. The minimum absolute atomic E-state index is 0. The van der Waals surface area contributed by atoms with Crippen molar-refractivity contribution in [3.63, 3.8) is 0 Å². The Balaban J connectivity index is 0.00000256. The molecule has 1 amide bonds. The molecule has 0 saturated carbocycles. The number of amides is 1. The quantitative estimate of drug-likeness (QED) is 0.564.